The van der Waals surface area contributed by atoms with E-state index in [-0.39, 0.29) is 0 Å². The number of rotatable bonds is 1. The minimum Gasteiger partial charge on any atom is -0.465 e. The van der Waals surface area contributed by atoms with E-state index in [0.29, 0.717) is 5.69 Å². The standard InChI is InChI=1S/C13H10N2O2/c16-13(17)14-8-5-6-10-9-3-1-2-4-11(9)15-12(10)7-8/h1-7,14-15H,(H,16,17). The fourth-order valence-corrected chi connectivity index (χ4v) is 2.06. The minimum atomic E-state index is -1.06. The normalized spacial score (nSPS) is 10.8. The van der Waals surface area contributed by atoms with Crippen LogP contribution in [0.25, 0.3) is 21.8 Å². The molecule has 0 aliphatic heterocycles. The highest BCUT2D eigenvalue weighted by molar-refractivity contribution is 6.08. The second-order valence-corrected chi connectivity index (χ2v) is 3.86. The summed E-state index contributed by atoms with van der Waals surface area (Å²) >= 11 is 0. The van der Waals surface area contributed by atoms with Crippen LogP contribution in [0.15, 0.2) is 42.5 Å². The van der Waals surface area contributed by atoms with Crippen LogP contribution >= 0.6 is 0 Å². The lowest BCUT2D eigenvalue weighted by molar-refractivity contribution is 0.210. The van der Waals surface area contributed by atoms with Crippen molar-refractivity contribution in [3.8, 4) is 0 Å². The van der Waals surface area contributed by atoms with E-state index in [9.17, 15) is 4.79 Å². The van der Waals surface area contributed by atoms with Crippen LogP contribution < -0.4 is 5.32 Å². The minimum absolute atomic E-state index is 0.566. The fourth-order valence-electron chi connectivity index (χ4n) is 2.06. The van der Waals surface area contributed by atoms with Crippen LogP contribution in [0.5, 0.6) is 0 Å². The Morgan fingerprint density at radius 1 is 1.06 bits per heavy atom. The van der Waals surface area contributed by atoms with Crippen LogP contribution in [0.1, 0.15) is 0 Å². The Kier molecular flexibility index (Phi) is 2.01. The van der Waals surface area contributed by atoms with Crippen LogP contribution in [0.4, 0.5) is 10.5 Å². The first kappa shape index (κ1) is 9.72. The molecule has 4 heteroatoms. The molecule has 0 aliphatic carbocycles. The van der Waals surface area contributed by atoms with Crippen molar-refractivity contribution in [3.63, 3.8) is 0 Å². The molecule has 0 spiro atoms. The van der Waals surface area contributed by atoms with Crippen molar-refractivity contribution < 1.29 is 9.90 Å². The maximum Gasteiger partial charge on any atom is 0.409 e. The van der Waals surface area contributed by atoms with Gasteiger partial charge in [-0.1, -0.05) is 24.3 Å². The number of amides is 1. The first-order valence-electron chi connectivity index (χ1n) is 5.24. The van der Waals surface area contributed by atoms with Crippen LogP contribution in [0.3, 0.4) is 0 Å². The van der Waals surface area contributed by atoms with Crippen molar-refractivity contribution in [3.05, 3.63) is 42.5 Å². The maximum atomic E-state index is 10.6. The molecule has 1 amide bonds. The largest absolute Gasteiger partial charge is 0.465 e. The third-order valence-electron chi connectivity index (χ3n) is 2.76. The number of hydrogen-bond acceptors (Lipinski definition) is 1. The molecule has 84 valence electrons. The third-order valence-corrected chi connectivity index (χ3v) is 2.76. The lowest BCUT2D eigenvalue weighted by Gasteiger charge is -1.99. The highest BCUT2D eigenvalue weighted by Gasteiger charge is 2.05. The van der Waals surface area contributed by atoms with Gasteiger partial charge in [-0.15, -0.1) is 0 Å². The molecule has 0 saturated heterocycles. The smallest absolute Gasteiger partial charge is 0.409 e. The number of anilines is 1. The lowest BCUT2D eigenvalue weighted by atomic mass is 10.1. The molecular weight excluding hydrogens is 216 g/mol. The van der Waals surface area contributed by atoms with Gasteiger partial charge in [0.25, 0.3) is 0 Å². The molecule has 2 aromatic carbocycles. The van der Waals surface area contributed by atoms with Crippen molar-refractivity contribution in [2.75, 3.05) is 5.32 Å². The Morgan fingerprint density at radius 3 is 2.65 bits per heavy atom. The van der Waals surface area contributed by atoms with E-state index < -0.39 is 6.09 Å². The number of carbonyl (C=O) groups is 1. The van der Waals surface area contributed by atoms with Gasteiger partial charge in [0, 0.05) is 27.5 Å². The number of aromatic amines is 1. The predicted molar refractivity (Wildman–Crippen MR) is 67.5 cm³/mol. The summed E-state index contributed by atoms with van der Waals surface area (Å²) in [5, 5.41) is 13.2. The molecule has 0 fully saturated rings. The Morgan fingerprint density at radius 2 is 1.82 bits per heavy atom. The number of carboxylic acid groups (broad SMARTS) is 1. The van der Waals surface area contributed by atoms with E-state index in [1.165, 1.54) is 0 Å². The zero-order valence-corrected chi connectivity index (χ0v) is 8.90. The second kappa shape index (κ2) is 3.52. The molecule has 0 bridgehead atoms. The van der Waals surface area contributed by atoms with Crippen molar-refractivity contribution >= 4 is 33.6 Å². The van der Waals surface area contributed by atoms with Gasteiger partial charge in [0.2, 0.25) is 0 Å². The van der Waals surface area contributed by atoms with E-state index in [0.717, 1.165) is 21.8 Å². The number of hydrogen-bond donors (Lipinski definition) is 3. The SMILES string of the molecule is O=C(O)Nc1ccc2c(c1)[nH]c1ccccc12. The van der Waals surface area contributed by atoms with Crippen molar-refractivity contribution in [2.24, 2.45) is 0 Å². The zero-order chi connectivity index (χ0) is 11.8. The average Bonchev–Trinajstić information content (AvgIpc) is 2.65. The zero-order valence-electron chi connectivity index (χ0n) is 8.90. The van der Waals surface area contributed by atoms with Gasteiger partial charge in [0.05, 0.1) is 0 Å². The van der Waals surface area contributed by atoms with Crippen molar-refractivity contribution in [1.29, 1.82) is 0 Å². The molecule has 0 atom stereocenters. The first-order valence-corrected chi connectivity index (χ1v) is 5.24. The van der Waals surface area contributed by atoms with Crippen molar-refractivity contribution in [2.45, 2.75) is 0 Å². The number of aromatic nitrogens is 1. The second-order valence-electron chi connectivity index (χ2n) is 3.86. The van der Waals surface area contributed by atoms with E-state index in [1.54, 1.807) is 12.1 Å². The van der Waals surface area contributed by atoms with Gasteiger partial charge in [-0.3, -0.25) is 5.32 Å². The summed E-state index contributed by atoms with van der Waals surface area (Å²) in [6, 6.07) is 13.5. The Balaban J connectivity index is 2.23. The summed E-state index contributed by atoms with van der Waals surface area (Å²) in [6.07, 6.45) is -1.06. The van der Waals surface area contributed by atoms with E-state index in [4.69, 9.17) is 5.11 Å². The maximum absolute atomic E-state index is 10.6. The van der Waals surface area contributed by atoms with Crippen LogP contribution in [0, 0.1) is 0 Å². The van der Waals surface area contributed by atoms with Gasteiger partial charge in [-0.05, 0) is 18.2 Å². The third kappa shape index (κ3) is 1.59. The summed E-state index contributed by atoms with van der Waals surface area (Å²) < 4.78 is 0. The molecule has 0 saturated carbocycles. The molecule has 0 radical (unpaired) electrons. The highest BCUT2D eigenvalue weighted by Crippen LogP contribution is 2.27. The molecule has 0 unspecified atom stereocenters. The first-order chi connectivity index (χ1) is 8.24. The summed E-state index contributed by atoms with van der Waals surface area (Å²) in [5.41, 5.74) is 2.55. The summed E-state index contributed by atoms with van der Waals surface area (Å²) in [4.78, 5) is 13.8. The molecule has 1 heterocycles. The summed E-state index contributed by atoms with van der Waals surface area (Å²) in [5.74, 6) is 0. The number of H-pyrrole nitrogens is 1. The summed E-state index contributed by atoms with van der Waals surface area (Å²) in [7, 11) is 0. The molecule has 3 aromatic rings. The predicted octanol–water partition coefficient (Wildman–Crippen LogP) is 3.41. The van der Waals surface area contributed by atoms with Crippen LogP contribution in [-0.4, -0.2) is 16.2 Å². The van der Waals surface area contributed by atoms with Gasteiger partial charge >= 0.3 is 6.09 Å². The topological polar surface area (TPSA) is 65.1 Å². The van der Waals surface area contributed by atoms with E-state index in [1.807, 2.05) is 30.3 Å². The van der Waals surface area contributed by atoms with E-state index >= 15 is 0 Å². The number of nitrogens with one attached hydrogen (secondary N) is 2. The number of fused-ring (bicyclic) bond motifs is 3. The lowest BCUT2D eigenvalue weighted by Crippen LogP contribution is -2.06. The van der Waals surface area contributed by atoms with Gasteiger partial charge in [0.1, 0.15) is 0 Å². The molecule has 0 aliphatic rings. The highest BCUT2D eigenvalue weighted by atomic mass is 16.4. The van der Waals surface area contributed by atoms with Gasteiger partial charge < -0.3 is 10.1 Å². The van der Waals surface area contributed by atoms with Gasteiger partial charge in [-0.25, -0.2) is 4.79 Å². The van der Waals surface area contributed by atoms with Gasteiger partial charge in [-0.2, -0.15) is 0 Å². The Labute approximate surface area is 96.9 Å². The van der Waals surface area contributed by atoms with Crippen LogP contribution in [0.2, 0.25) is 0 Å². The number of para-hydroxylation sites is 1. The monoisotopic (exact) mass is 226 g/mol. The molecule has 1 aromatic heterocycles. The Bertz CT molecular complexity index is 716. The molecule has 3 rings (SSSR count). The van der Waals surface area contributed by atoms with Crippen LogP contribution in [-0.2, 0) is 0 Å². The van der Waals surface area contributed by atoms with Crippen molar-refractivity contribution in [1.82, 2.24) is 4.98 Å². The molecule has 3 N–H and O–H groups in total. The average molecular weight is 226 g/mol. The molecular formula is C13H10N2O2. The molecule has 17 heavy (non-hydrogen) atoms. The fraction of sp³-hybridized carbons (Fsp3) is 0. The number of benzene rings is 2. The van der Waals surface area contributed by atoms with E-state index in [2.05, 4.69) is 10.3 Å². The van der Waals surface area contributed by atoms with Gasteiger partial charge in [0.15, 0.2) is 0 Å². The Hall–Kier alpha value is -2.49. The quantitative estimate of drug-likeness (QED) is 0.595. The summed E-state index contributed by atoms with van der Waals surface area (Å²) in [6.45, 7) is 0. The molecule has 4 nitrogen and oxygen atoms in total.